The van der Waals surface area contributed by atoms with Gasteiger partial charge in [-0.25, -0.2) is 8.78 Å². The molecule has 0 radical (unpaired) electrons. The summed E-state index contributed by atoms with van der Waals surface area (Å²) in [6.07, 6.45) is -0.234. The molecular weight excluding hydrogens is 289 g/mol. The first-order valence-corrected chi connectivity index (χ1v) is 4.90. The Hall–Kier alpha value is -0.390. The van der Waals surface area contributed by atoms with Gasteiger partial charge in [-0.1, -0.05) is 0 Å². The van der Waals surface area contributed by atoms with Crippen molar-refractivity contribution in [2.75, 3.05) is 0 Å². The first-order valence-electron chi connectivity index (χ1n) is 3.82. The minimum absolute atomic E-state index is 0.234. The molecule has 0 saturated heterocycles. The predicted octanol–water partition coefficient (Wildman–Crippen LogP) is 3.36. The van der Waals surface area contributed by atoms with Crippen LogP contribution in [0.2, 0.25) is 0 Å². The van der Waals surface area contributed by atoms with Crippen LogP contribution >= 0.6 is 22.6 Å². The maximum Gasteiger partial charge on any atom is 0.192 e. The van der Waals surface area contributed by atoms with E-state index in [4.69, 9.17) is 4.74 Å². The molecule has 1 aromatic rings. The lowest BCUT2D eigenvalue weighted by Gasteiger charge is -2.11. The monoisotopic (exact) mass is 298 g/mol. The van der Waals surface area contributed by atoms with Crippen LogP contribution in [0.25, 0.3) is 0 Å². The second-order valence-electron chi connectivity index (χ2n) is 2.84. The maximum atomic E-state index is 13.3. The van der Waals surface area contributed by atoms with Gasteiger partial charge in [-0.15, -0.1) is 0 Å². The fourth-order valence-corrected chi connectivity index (χ4v) is 1.28. The van der Waals surface area contributed by atoms with E-state index >= 15 is 0 Å². The summed E-state index contributed by atoms with van der Waals surface area (Å²) in [4.78, 5) is 0. The molecule has 0 unspecified atom stereocenters. The molecular formula is C9H9F2IO. The van der Waals surface area contributed by atoms with Gasteiger partial charge in [0.1, 0.15) is 0 Å². The van der Waals surface area contributed by atoms with Crippen molar-refractivity contribution in [3.05, 3.63) is 27.3 Å². The van der Waals surface area contributed by atoms with Crippen LogP contribution in [0.1, 0.15) is 13.8 Å². The average molecular weight is 298 g/mol. The molecule has 0 N–H and O–H groups in total. The molecule has 0 spiro atoms. The molecule has 0 aliphatic heterocycles. The molecule has 1 rings (SSSR count). The van der Waals surface area contributed by atoms with Crippen LogP contribution in [0.3, 0.4) is 0 Å². The van der Waals surface area contributed by atoms with Gasteiger partial charge in [0.05, 0.1) is 9.67 Å². The summed E-state index contributed by atoms with van der Waals surface area (Å²) in [5, 5.41) is 0. The van der Waals surface area contributed by atoms with Gasteiger partial charge in [0.15, 0.2) is 17.4 Å². The first-order chi connectivity index (χ1) is 6.02. The Morgan fingerprint density at radius 1 is 1.31 bits per heavy atom. The summed E-state index contributed by atoms with van der Waals surface area (Å²) in [5.41, 5.74) is 0. The Morgan fingerprint density at radius 2 is 1.92 bits per heavy atom. The fraction of sp³-hybridized carbons (Fsp3) is 0.333. The standard InChI is InChI=1S/C9H9F2IO/c1-5(2)13-9-6(10)3-4-7(12)8(9)11/h3-5H,1-2H3. The molecule has 1 aromatic carbocycles. The molecule has 0 aliphatic carbocycles. The topological polar surface area (TPSA) is 9.23 Å². The Bertz CT molecular complexity index is 313. The van der Waals surface area contributed by atoms with Crippen molar-refractivity contribution >= 4 is 22.6 Å². The highest BCUT2D eigenvalue weighted by Crippen LogP contribution is 2.26. The first kappa shape index (κ1) is 10.7. The van der Waals surface area contributed by atoms with Gasteiger partial charge in [0, 0.05) is 0 Å². The lowest BCUT2D eigenvalue weighted by atomic mass is 10.3. The van der Waals surface area contributed by atoms with Gasteiger partial charge in [0.25, 0.3) is 0 Å². The molecule has 72 valence electrons. The Balaban J connectivity index is 3.10. The van der Waals surface area contributed by atoms with Crippen molar-refractivity contribution < 1.29 is 13.5 Å². The highest BCUT2D eigenvalue weighted by Gasteiger charge is 2.14. The summed E-state index contributed by atoms with van der Waals surface area (Å²) in [7, 11) is 0. The largest absolute Gasteiger partial charge is 0.485 e. The van der Waals surface area contributed by atoms with Gasteiger partial charge in [-0.2, -0.15) is 0 Å². The average Bonchev–Trinajstić information content (AvgIpc) is 2.05. The third-order valence-corrected chi connectivity index (χ3v) is 2.19. The molecule has 1 nitrogen and oxygen atoms in total. The molecule has 0 amide bonds. The zero-order valence-corrected chi connectivity index (χ0v) is 9.43. The lowest BCUT2D eigenvalue weighted by Crippen LogP contribution is -2.09. The van der Waals surface area contributed by atoms with Crippen LogP contribution in [-0.2, 0) is 0 Å². The molecule has 0 fully saturated rings. The Labute approximate surface area is 89.2 Å². The van der Waals surface area contributed by atoms with Crippen LogP contribution in [-0.4, -0.2) is 6.10 Å². The second-order valence-corrected chi connectivity index (χ2v) is 4.00. The van der Waals surface area contributed by atoms with Gasteiger partial charge < -0.3 is 4.74 Å². The summed E-state index contributed by atoms with van der Waals surface area (Å²) < 4.78 is 31.6. The van der Waals surface area contributed by atoms with Gasteiger partial charge in [0.2, 0.25) is 0 Å². The van der Waals surface area contributed by atoms with E-state index in [1.807, 2.05) is 0 Å². The van der Waals surface area contributed by atoms with Crippen molar-refractivity contribution in [2.24, 2.45) is 0 Å². The van der Waals surface area contributed by atoms with E-state index in [9.17, 15) is 8.78 Å². The van der Waals surface area contributed by atoms with Crippen LogP contribution in [0.15, 0.2) is 12.1 Å². The van der Waals surface area contributed by atoms with E-state index in [-0.39, 0.29) is 11.9 Å². The van der Waals surface area contributed by atoms with E-state index in [1.165, 1.54) is 12.1 Å². The van der Waals surface area contributed by atoms with Crippen molar-refractivity contribution in [3.8, 4) is 5.75 Å². The summed E-state index contributed by atoms with van der Waals surface area (Å²) >= 11 is 1.79. The molecule has 0 aromatic heterocycles. The summed E-state index contributed by atoms with van der Waals surface area (Å²) in [6, 6.07) is 2.57. The van der Waals surface area contributed by atoms with Gasteiger partial charge in [-0.3, -0.25) is 0 Å². The van der Waals surface area contributed by atoms with Crippen molar-refractivity contribution in [1.29, 1.82) is 0 Å². The zero-order chi connectivity index (χ0) is 10.0. The molecule has 13 heavy (non-hydrogen) atoms. The number of rotatable bonds is 2. The number of benzene rings is 1. The SMILES string of the molecule is CC(C)Oc1c(F)ccc(I)c1F. The second kappa shape index (κ2) is 4.21. The molecule has 0 heterocycles. The van der Waals surface area contributed by atoms with Gasteiger partial charge >= 0.3 is 0 Å². The van der Waals surface area contributed by atoms with Gasteiger partial charge in [-0.05, 0) is 48.6 Å². The van der Waals surface area contributed by atoms with Crippen LogP contribution in [0, 0.1) is 15.2 Å². The summed E-state index contributed by atoms with van der Waals surface area (Å²) in [6.45, 7) is 3.44. The Morgan fingerprint density at radius 3 is 2.46 bits per heavy atom. The van der Waals surface area contributed by atoms with Crippen molar-refractivity contribution in [3.63, 3.8) is 0 Å². The number of hydrogen-bond acceptors (Lipinski definition) is 1. The highest BCUT2D eigenvalue weighted by atomic mass is 127. The van der Waals surface area contributed by atoms with Crippen molar-refractivity contribution in [1.82, 2.24) is 0 Å². The maximum absolute atomic E-state index is 13.3. The zero-order valence-electron chi connectivity index (χ0n) is 7.27. The van der Waals surface area contributed by atoms with E-state index in [0.717, 1.165) is 0 Å². The highest BCUT2D eigenvalue weighted by molar-refractivity contribution is 14.1. The molecule has 0 aliphatic rings. The van der Waals surface area contributed by atoms with Crippen LogP contribution in [0.5, 0.6) is 5.75 Å². The number of hydrogen-bond donors (Lipinski definition) is 0. The van der Waals surface area contributed by atoms with Crippen LogP contribution in [0.4, 0.5) is 8.78 Å². The number of halogens is 3. The molecule has 0 bridgehead atoms. The molecule has 0 atom stereocenters. The molecule has 0 saturated carbocycles. The third kappa shape index (κ3) is 2.52. The van der Waals surface area contributed by atoms with Crippen molar-refractivity contribution in [2.45, 2.75) is 20.0 Å². The van der Waals surface area contributed by atoms with E-state index < -0.39 is 11.6 Å². The summed E-state index contributed by atoms with van der Waals surface area (Å²) in [5.74, 6) is -1.58. The third-order valence-electron chi connectivity index (χ3n) is 1.36. The van der Waals surface area contributed by atoms with E-state index in [0.29, 0.717) is 3.57 Å². The molecule has 4 heteroatoms. The minimum atomic E-state index is -0.661. The fourth-order valence-electron chi connectivity index (χ4n) is 0.852. The minimum Gasteiger partial charge on any atom is -0.485 e. The smallest absolute Gasteiger partial charge is 0.192 e. The normalized spacial score (nSPS) is 10.6. The number of ether oxygens (including phenoxy) is 1. The lowest BCUT2D eigenvalue weighted by molar-refractivity contribution is 0.219. The van der Waals surface area contributed by atoms with Crippen LogP contribution < -0.4 is 4.74 Å². The van der Waals surface area contributed by atoms with E-state index in [2.05, 4.69) is 0 Å². The Kier molecular flexibility index (Phi) is 3.47. The predicted molar refractivity (Wildman–Crippen MR) is 54.8 cm³/mol. The quantitative estimate of drug-likeness (QED) is 0.601. The van der Waals surface area contributed by atoms with E-state index in [1.54, 1.807) is 36.4 Å².